The lowest BCUT2D eigenvalue weighted by molar-refractivity contribution is 0.364. The molecule has 0 aromatic rings. The summed E-state index contributed by atoms with van der Waals surface area (Å²) in [5.74, 6) is 2.02. The Balaban J connectivity index is 0. The third-order valence-electron chi connectivity index (χ3n) is 0.675. The molecule has 0 radical (unpaired) electrons. The topological polar surface area (TPSA) is 77.5 Å². The maximum atomic E-state index is 10.4. The van der Waals surface area contributed by atoms with Crippen molar-refractivity contribution in [3.8, 4) is 12.3 Å². The van der Waals surface area contributed by atoms with Crippen molar-refractivity contribution in [1.29, 1.82) is 0 Å². The molecule has 0 bridgehead atoms. The van der Waals surface area contributed by atoms with Crippen LogP contribution in [0.1, 0.15) is 6.92 Å². The molecule has 0 spiro atoms. The minimum absolute atomic E-state index is 0.0331. The summed E-state index contributed by atoms with van der Waals surface area (Å²) in [6.07, 6.45) is 4.75. The largest absolute Gasteiger partial charge is 0.312 e. The van der Waals surface area contributed by atoms with Gasteiger partial charge in [-0.2, -0.15) is 8.42 Å². The first-order valence-electron chi connectivity index (χ1n) is 3.24. The van der Waals surface area contributed by atoms with Gasteiger partial charge in [-0.1, -0.05) is 5.92 Å². The molecule has 7 heteroatoms. The van der Waals surface area contributed by atoms with Gasteiger partial charge in [-0.05, 0) is 6.92 Å². The number of hydrogen-bond acceptors (Lipinski definition) is 5. The predicted octanol–water partition coefficient (Wildman–Crippen LogP) is 0.775. The van der Waals surface area contributed by atoms with E-state index in [1.54, 1.807) is 0 Å². The van der Waals surface area contributed by atoms with Gasteiger partial charge in [-0.15, -0.1) is 6.42 Å². The molecule has 0 heterocycles. The lowest BCUT2D eigenvalue weighted by atomic mass is 10.8. The van der Waals surface area contributed by atoms with Crippen LogP contribution in [0.4, 0.5) is 0 Å². The first kappa shape index (κ1) is 14.9. The first-order valence-corrected chi connectivity index (χ1v) is 6.44. The number of rotatable bonds is 3. The van der Waals surface area contributed by atoms with Gasteiger partial charge in [0.1, 0.15) is 6.61 Å². The average Bonchev–Trinajstić information content (AvgIpc) is 2.00. The summed E-state index contributed by atoms with van der Waals surface area (Å²) in [7, 11) is -5.44. The second kappa shape index (κ2) is 7.99. The molecule has 0 N–H and O–H groups in total. The summed E-state index contributed by atoms with van der Waals surface area (Å²) in [6.45, 7) is 2.44. The molecule has 76 valence electrons. The van der Waals surface area contributed by atoms with Gasteiger partial charge in [-0.25, -0.2) is 9.13 Å². The van der Waals surface area contributed by atoms with Crippen LogP contribution in [0.3, 0.4) is 0 Å². The Kier molecular flexibility index (Phi) is 9.14. The van der Waals surface area contributed by atoms with Crippen LogP contribution in [-0.4, -0.2) is 27.4 Å². The van der Waals surface area contributed by atoms with Crippen LogP contribution in [0.2, 0.25) is 0 Å². The zero-order chi connectivity index (χ0) is 10.9. The summed E-state index contributed by atoms with van der Waals surface area (Å²) in [4.78, 5) is 0. The van der Waals surface area contributed by atoms with Gasteiger partial charge < -0.3 is 0 Å². The normalized spacial score (nSPS) is 9.31. The van der Waals surface area contributed by atoms with E-state index in [0.717, 1.165) is 6.66 Å². The quantitative estimate of drug-likeness (QED) is 0.403. The van der Waals surface area contributed by atoms with E-state index < -0.39 is 17.8 Å². The van der Waals surface area contributed by atoms with Crippen molar-refractivity contribution < 1.29 is 21.7 Å². The molecule has 0 rings (SSSR count). The van der Waals surface area contributed by atoms with Crippen molar-refractivity contribution >= 4 is 17.8 Å². The molecule has 0 saturated heterocycles. The second-order valence-corrected chi connectivity index (χ2v) is 4.56. The van der Waals surface area contributed by atoms with Crippen LogP contribution in [-0.2, 0) is 23.4 Å². The molecular formula is C6H11O5PS. The SMILES string of the molecule is C#CCOS(=O)(=O)CC.CP(=O)=O. The Labute approximate surface area is 78.4 Å². The lowest BCUT2D eigenvalue weighted by Gasteiger charge is -1.95. The molecule has 0 amide bonds. The highest BCUT2D eigenvalue weighted by molar-refractivity contribution is 7.86. The highest BCUT2D eigenvalue weighted by Crippen LogP contribution is 1.89. The van der Waals surface area contributed by atoms with Crippen LogP contribution in [0, 0.1) is 12.3 Å². The third-order valence-corrected chi connectivity index (χ3v) is 1.86. The third kappa shape index (κ3) is 18.4. The molecule has 0 unspecified atom stereocenters. The molecule has 0 aliphatic carbocycles. The smallest absolute Gasteiger partial charge is 0.257 e. The molecule has 0 aromatic carbocycles. The average molecular weight is 226 g/mol. The second-order valence-electron chi connectivity index (χ2n) is 1.75. The minimum atomic E-state index is -3.32. The number of hydrogen-bond donors (Lipinski definition) is 0. The van der Waals surface area contributed by atoms with Gasteiger partial charge in [0.05, 0.1) is 5.75 Å². The maximum absolute atomic E-state index is 10.4. The molecule has 0 atom stereocenters. The van der Waals surface area contributed by atoms with E-state index in [1.807, 2.05) is 0 Å². The van der Waals surface area contributed by atoms with Gasteiger partial charge >= 0.3 is 7.68 Å². The fourth-order valence-corrected chi connectivity index (χ4v) is 0.621. The van der Waals surface area contributed by atoms with Crippen molar-refractivity contribution in [2.75, 3.05) is 19.0 Å². The van der Waals surface area contributed by atoms with E-state index in [1.165, 1.54) is 6.92 Å². The maximum Gasteiger partial charge on any atom is 0.312 e. The lowest BCUT2D eigenvalue weighted by Crippen LogP contribution is -2.07. The zero-order valence-corrected chi connectivity index (χ0v) is 9.10. The molecule has 0 aliphatic heterocycles. The Bertz CT molecular complexity index is 313. The van der Waals surface area contributed by atoms with Crippen LogP contribution >= 0.6 is 7.68 Å². The standard InChI is InChI=1S/C5H8O3S.CH3O2P/c1-3-5-8-9(6,7)4-2;1-4(2)3/h1H,4-5H2,2H3;1H3. The van der Waals surface area contributed by atoms with Crippen molar-refractivity contribution in [2.24, 2.45) is 0 Å². The van der Waals surface area contributed by atoms with Gasteiger partial charge in [0.2, 0.25) is 0 Å². The summed E-state index contributed by atoms with van der Waals surface area (Å²) < 4.78 is 43.2. The highest BCUT2D eigenvalue weighted by Gasteiger charge is 2.03. The van der Waals surface area contributed by atoms with Crippen LogP contribution in [0.15, 0.2) is 0 Å². The van der Waals surface area contributed by atoms with E-state index in [2.05, 4.69) is 10.1 Å². The first-order chi connectivity index (χ1) is 5.85. The Morgan fingerprint density at radius 2 is 1.85 bits per heavy atom. The number of terminal acetylenes is 1. The summed E-state index contributed by atoms with van der Waals surface area (Å²) in [5, 5.41) is 0. The molecule has 0 aliphatic rings. The van der Waals surface area contributed by atoms with Crippen LogP contribution < -0.4 is 0 Å². The summed E-state index contributed by atoms with van der Waals surface area (Å²) in [6, 6.07) is 0. The molecule has 13 heavy (non-hydrogen) atoms. The molecular weight excluding hydrogens is 215 g/mol. The van der Waals surface area contributed by atoms with E-state index in [4.69, 9.17) is 15.6 Å². The van der Waals surface area contributed by atoms with E-state index in [0.29, 0.717) is 0 Å². The van der Waals surface area contributed by atoms with Gasteiger partial charge in [0.15, 0.2) is 0 Å². The predicted molar refractivity (Wildman–Crippen MR) is 48.5 cm³/mol. The summed E-state index contributed by atoms with van der Waals surface area (Å²) in [5.41, 5.74) is 0. The monoisotopic (exact) mass is 226 g/mol. The Hall–Kier alpha value is -0.630. The fourth-order valence-electron chi connectivity index (χ4n) is 0.207. The van der Waals surface area contributed by atoms with Crippen molar-refractivity contribution in [1.82, 2.24) is 0 Å². The molecule has 0 saturated carbocycles. The van der Waals surface area contributed by atoms with Crippen molar-refractivity contribution in [3.63, 3.8) is 0 Å². The van der Waals surface area contributed by atoms with Crippen LogP contribution in [0.25, 0.3) is 0 Å². The van der Waals surface area contributed by atoms with Gasteiger partial charge in [0.25, 0.3) is 10.1 Å². The van der Waals surface area contributed by atoms with E-state index >= 15 is 0 Å². The molecule has 0 fully saturated rings. The minimum Gasteiger partial charge on any atom is -0.257 e. The highest BCUT2D eigenvalue weighted by atomic mass is 32.2. The van der Waals surface area contributed by atoms with Crippen molar-refractivity contribution in [3.05, 3.63) is 0 Å². The fraction of sp³-hybridized carbons (Fsp3) is 0.667. The molecule has 0 aromatic heterocycles. The Morgan fingerprint density at radius 1 is 1.46 bits per heavy atom. The van der Waals surface area contributed by atoms with E-state index in [-0.39, 0.29) is 12.4 Å². The van der Waals surface area contributed by atoms with Crippen molar-refractivity contribution in [2.45, 2.75) is 6.92 Å². The van der Waals surface area contributed by atoms with Crippen LogP contribution in [0.5, 0.6) is 0 Å². The summed E-state index contributed by atoms with van der Waals surface area (Å²) >= 11 is 0. The van der Waals surface area contributed by atoms with Gasteiger partial charge in [-0.3, -0.25) is 4.18 Å². The van der Waals surface area contributed by atoms with E-state index in [9.17, 15) is 8.42 Å². The molecule has 5 nitrogen and oxygen atoms in total. The Morgan fingerprint density at radius 3 is 2.08 bits per heavy atom. The van der Waals surface area contributed by atoms with Gasteiger partial charge in [0, 0.05) is 6.66 Å². The zero-order valence-electron chi connectivity index (χ0n) is 7.39.